The summed E-state index contributed by atoms with van der Waals surface area (Å²) in [5.74, 6) is 0.363. The quantitative estimate of drug-likeness (QED) is 0.452. The first-order valence-corrected chi connectivity index (χ1v) is 11.1. The Morgan fingerprint density at radius 2 is 1.59 bits per heavy atom. The molecule has 2 heterocycles. The van der Waals surface area contributed by atoms with E-state index in [2.05, 4.69) is 15.3 Å². The van der Waals surface area contributed by atoms with Gasteiger partial charge in [-0.3, -0.25) is 9.78 Å². The van der Waals surface area contributed by atoms with Crippen molar-refractivity contribution >= 4 is 11.7 Å². The molecule has 3 aromatic rings. The van der Waals surface area contributed by atoms with Crippen LogP contribution < -0.4 is 16.8 Å². The van der Waals surface area contributed by atoms with Crippen molar-refractivity contribution in [2.75, 3.05) is 18.8 Å². The molecule has 0 spiro atoms. The molecule has 0 radical (unpaired) electrons. The van der Waals surface area contributed by atoms with Gasteiger partial charge in [0, 0.05) is 42.2 Å². The maximum atomic E-state index is 12.0. The maximum Gasteiger partial charge on any atom is 0.269 e. The number of benzene rings is 1. The van der Waals surface area contributed by atoms with E-state index in [1.54, 1.807) is 30.6 Å². The highest BCUT2D eigenvalue weighted by molar-refractivity contribution is 5.92. The fourth-order valence-corrected chi connectivity index (χ4v) is 3.10. The van der Waals surface area contributed by atoms with Gasteiger partial charge in [0.25, 0.3) is 5.91 Å². The van der Waals surface area contributed by atoms with E-state index in [0.717, 1.165) is 34.2 Å². The average molecular weight is 438 g/mol. The molecule has 32 heavy (non-hydrogen) atoms. The number of rotatable bonds is 6. The molecule has 0 aliphatic rings. The lowest BCUT2D eigenvalue weighted by Gasteiger charge is -2.16. The highest BCUT2D eigenvalue weighted by Gasteiger charge is 2.16. The normalized spacial score (nSPS) is 9.69. The van der Waals surface area contributed by atoms with Crippen molar-refractivity contribution in [3.05, 3.63) is 60.0 Å². The van der Waals surface area contributed by atoms with Gasteiger partial charge in [-0.25, -0.2) is 4.98 Å². The minimum Gasteiger partial charge on any atom is -0.508 e. The Labute approximate surface area is 190 Å². The number of pyridine rings is 2. The van der Waals surface area contributed by atoms with Crippen LogP contribution in [0.1, 0.15) is 50.7 Å². The molecule has 172 valence electrons. The number of aromatic hydroxyl groups is 1. The topological polar surface area (TPSA) is 127 Å². The molecule has 7 heteroatoms. The van der Waals surface area contributed by atoms with Crippen molar-refractivity contribution in [3.8, 4) is 28.0 Å². The van der Waals surface area contributed by atoms with E-state index >= 15 is 0 Å². The first-order valence-electron chi connectivity index (χ1n) is 11.1. The number of nitrogens with two attached hydrogens (primary N) is 2. The van der Waals surface area contributed by atoms with Crippen LogP contribution in [0.2, 0.25) is 0 Å². The second-order valence-electron chi connectivity index (χ2n) is 6.29. The van der Waals surface area contributed by atoms with Gasteiger partial charge in [-0.15, -0.1) is 0 Å². The molecular weight excluding hydrogens is 402 g/mol. The van der Waals surface area contributed by atoms with E-state index in [0.29, 0.717) is 24.6 Å². The van der Waals surface area contributed by atoms with Gasteiger partial charge in [0.05, 0.1) is 0 Å². The Morgan fingerprint density at radius 3 is 2.12 bits per heavy atom. The summed E-state index contributed by atoms with van der Waals surface area (Å²) in [5.41, 5.74) is 16.4. The largest absolute Gasteiger partial charge is 0.508 e. The SMILES string of the molecule is CC.CC.CCc1c(-c2ccc(C(=O)NCCN)nc2)cnc(N)c1-c1ccc(O)cc1. The Morgan fingerprint density at radius 1 is 0.969 bits per heavy atom. The van der Waals surface area contributed by atoms with Gasteiger partial charge in [0.2, 0.25) is 0 Å². The van der Waals surface area contributed by atoms with Crippen LogP contribution in [0.15, 0.2) is 48.8 Å². The molecule has 0 aliphatic carbocycles. The number of carbonyl (C=O) groups excluding carboxylic acids is 1. The van der Waals surface area contributed by atoms with Crippen LogP contribution in [0.5, 0.6) is 5.75 Å². The lowest BCUT2D eigenvalue weighted by Crippen LogP contribution is -2.29. The van der Waals surface area contributed by atoms with Gasteiger partial charge in [-0.1, -0.05) is 52.8 Å². The summed E-state index contributed by atoms with van der Waals surface area (Å²) in [6, 6.07) is 10.4. The second-order valence-corrected chi connectivity index (χ2v) is 6.29. The minimum absolute atomic E-state index is 0.192. The van der Waals surface area contributed by atoms with Crippen molar-refractivity contribution in [1.29, 1.82) is 0 Å². The third-order valence-corrected chi connectivity index (χ3v) is 4.46. The molecule has 1 amide bonds. The zero-order chi connectivity index (χ0) is 24.1. The summed E-state index contributed by atoms with van der Waals surface area (Å²) >= 11 is 0. The monoisotopic (exact) mass is 437 g/mol. The number of nitrogens with zero attached hydrogens (tertiary/aromatic N) is 2. The number of amides is 1. The van der Waals surface area contributed by atoms with Crippen LogP contribution in [-0.2, 0) is 6.42 Å². The minimum atomic E-state index is -0.257. The number of nitrogen functional groups attached to an aromatic ring is 1. The summed E-state index contributed by atoms with van der Waals surface area (Å²) in [4.78, 5) is 20.6. The van der Waals surface area contributed by atoms with Gasteiger partial charge in [-0.05, 0) is 35.7 Å². The maximum absolute atomic E-state index is 12.0. The lowest BCUT2D eigenvalue weighted by atomic mass is 9.92. The van der Waals surface area contributed by atoms with E-state index in [1.165, 1.54) is 0 Å². The first kappa shape index (κ1) is 26.6. The summed E-state index contributed by atoms with van der Waals surface area (Å²) in [5, 5.41) is 12.3. The summed E-state index contributed by atoms with van der Waals surface area (Å²) < 4.78 is 0. The third kappa shape index (κ3) is 6.52. The first-order chi connectivity index (χ1) is 15.5. The van der Waals surface area contributed by atoms with Crippen LogP contribution in [0, 0.1) is 0 Å². The predicted molar refractivity (Wildman–Crippen MR) is 132 cm³/mol. The number of carbonyl (C=O) groups is 1. The van der Waals surface area contributed by atoms with Gasteiger partial charge >= 0.3 is 0 Å². The molecule has 0 saturated heterocycles. The van der Waals surface area contributed by atoms with E-state index in [9.17, 15) is 9.90 Å². The number of hydrogen-bond donors (Lipinski definition) is 4. The van der Waals surface area contributed by atoms with E-state index < -0.39 is 0 Å². The summed E-state index contributed by atoms with van der Waals surface area (Å²) in [6.45, 7) is 10.8. The van der Waals surface area contributed by atoms with Gasteiger partial charge in [0.15, 0.2) is 0 Å². The van der Waals surface area contributed by atoms with Crippen molar-refractivity contribution in [2.45, 2.75) is 41.0 Å². The summed E-state index contributed by atoms with van der Waals surface area (Å²) in [7, 11) is 0. The second kappa shape index (κ2) is 13.8. The molecule has 1 aromatic carbocycles. The van der Waals surface area contributed by atoms with Crippen molar-refractivity contribution in [1.82, 2.24) is 15.3 Å². The fraction of sp³-hybridized carbons (Fsp3) is 0.320. The van der Waals surface area contributed by atoms with Crippen LogP contribution in [-0.4, -0.2) is 34.1 Å². The van der Waals surface area contributed by atoms with Crippen LogP contribution in [0.25, 0.3) is 22.3 Å². The molecule has 0 bridgehead atoms. The van der Waals surface area contributed by atoms with Gasteiger partial charge < -0.3 is 21.9 Å². The van der Waals surface area contributed by atoms with Crippen LogP contribution >= 0.6 is 0 Å². The average Bonchev–Trinajstić information content (AvgIpc) is 2.85. The molecule has 0 atom stereocenters. The molecule has 0 unspecified atom stereocenters. The Bertz CT molecular complexity index is 971. The lowest BCUT2D eigenvalue weighted by molar-refractivity contribution is 0.0950. The molecule has 7 nitrogen and oxygen atoms in total. The fourth-order valence-electron chi connectivity index (χ4n) is 3.10. The van der Waals surface area contributed by atoms with Gasteiger partial charge in [0.1, 0.15) is 17.3 Å². The number of phenolic OH excluding ortho intramolecular Hbond substituents is 1. The molecule has 0 saturated carbocycles. The van der Waals surface area contributed by atoms with E-state index in [4.69, 9.17) is 11.5 Å². The molecule has 2 aromatic heterocycles. The zero-order valence-electron chi connectivity index (χ0n) is 19.6. The molecule has 6 N–H and O–H groups in total. The van der Waals surface area contributed by atoms with Gasteiger partial charge in [-0.2, -0.15) is 0 Å². The summed E-state index contributed by atoms with van der Waals surface area (Å²) in [6.07, 6.45) is 4.12. The number of anilines is 1. The molecule has 0 aliphatic heterocycles. The van der Waals surface area contributed by atoms with Crippen molar-refractivity contribution in [3.63, 3.8) is 0 Å². The van der Waals surface area contributed by atoms with Crippen molar-refractivity contribution < 1.29 is 9.90 Å². The Hall–Kier alpha value is -3.45. The number of phenols is 1. The highest BCUT2D eigenvalue weighted by Crippen LogP contribution is 2.36. The molecule has 3 rings (SSSR count). The number of hydrogen-bond acceptors (Lipinski definition) is 6. The highest BCUT2D eigenvalue weighted by atomic mass is 16.3. The molecule has 0 fully saturated rings. The smallest absolute Gasteiger partial charge is 0.269 e. The van der Waals surface area contributed by atoms with E-state index in [1.807, 2.05) is 52.8 Å². The van der Waals surface area contributed by atoms with Crippen LogP contribution in [0.4, 0.5) is 5.82 Å². The van der Waals surface area contributed by atoms with E-state index in [-0.39, 0.29) is 11.7 Å². The number of aromatic nitrogens is 2. The zero-order valence-corrected chi connectivity index (χ0v) is 19.6. The Kier molecular flexibility index (Phi) is 11.4. The standard InChI is InChI=1S/C21H23N5O2.2C2H6/c1-2-16-17(14-5-8-18(25-11-14)21(28)24-10-9-22)12-26-20(23)19(16)13-3-6-15(27)7-4-13;2*1-2/h3-8,11-12,27H,2,9-10,22H2,1H3,(H2,23,26)(H,24,28);2*1-2H3. The van der Waals surface area contributed by atoms with Crippen LogP contribution in [0.3, 0.4) is 0 Å². The predicted octanol–water partition coefficient (Wildman–Crippen LogP) is 4.40. The molecular formula is C25H35N5O2. The van der Waals surface area contributed by atoms with Crippen molar-refractivity contribution in [2.24, 2.45) is 5.73 Å². The Balaban J connectivity index is 0.00000121. The number of nitrogens with one attached hydrogen (secondary N) is 1. The third-order valence-electron chi connectivity index (χ3n) is 4.46.